The van der Waals surface area contributed by atoms with Gasteiger partial charge in [-0.1, -0.05) is 12.1 Å². The van der Waals surface area contributed by atoms with Gasteiger partial charge in [-0.05, 0) is 63.9 Å². The highest BCUT2D eigenvalue weighted by Crippen LogP contribution is 2.34. The lowest BCUT2D eigenvalue weighted by atomic mass is 9.97. The van der Waals surface area contributed by atoms with Crippen LogP contribution in [0.15, 0.2) is 30.3 Å². The van der Waals surface area contributed by atoms with Gasteiger partial charge in [-0.2, -0.15) is 18.3 Å². The number of aromatic nitrogens is 2. The van der Waals surface area contributed by atoms with Crippen LogP contribution in [0.25, 0.3) is 0 Å². The maximum Gasteiger partial charge on any atom is 0.418 e. The number of benzene rings is 1. The van der Waals surface area contributed by atoms with Gasteiger partial charge >= 0.3 is 6.18 Å². The number of piperidine rings is 1. The molecule has 1 amide bonds. The van der Waals surface area contributed by atoms with E-state index in [-0.39, 0.29) is 12.2 Å². The van der Waals surface area contributed by atoms with Crippen LogP contribution in [0.5, 0.6) is 0 Å². The van der Waals surface area contributed by atoms with Gasteiger partial charge in [-0.15, -0.1) is 0 Å². The zero-order chi connectivity index (χ0) is 20.3. The van der Waals surface area contributed by atoms with E-state index in [1.54, 1.807) is 0 Å². The fourth-order valence-corrected chi connectivity index (χ4v) is 3.66. The minimum Gasteiger partial charge on any atom is -0.324 e. The van der Waals surface area contributed by atoms with E-state index in [1.165, 1.54) is 18.2 Å². The van der Waals surface area contributed by atoms with E-state index < -0.39 is 17.6 Å². The number of nitrogens with one attached hydrogen (secondary N) is 1. The molecule has 8 heteroatoms. The van der Waals surface area contributed by atoms with Crippen LogP contribution in [0.1, 0.15) is 29.8 Å². The van der Waals surface area contributed by atoms with Gasteiger partial charge in [-0.3, -0.25) is 14.4 Å². The highest BCUT2D eigenvalue weighted by atomic mass is 19.4. The van der Waals surface area contributed by atoms with Gasteiger partial charge in [0.25, 0.3) is 0 Å². The minimum absolute atomic E-state index is 0.0960. The number of hydrogen-bond donors (Lipinski definition) is 1. The quantitative estimate of drug-likeness (QED) is 0.838. The number of para-hydroxylation sites is 1. The standard InChI is InChI=1S/C20H25F3N4O/c1-14-11-15(2)27(25-14)12-16-7-9-26(10-8-16)13-19(28)24-18-6-4-3-5-17(18)20(21,22)23/h3-6,11,16H,7-10,12-13H2,1-2H3,(H,24,28). The van der Waals surface area contributed by atoms with E-state index in [2.05, 4.69) is 16.5 Å². The Bertz CT molecular complexity index is 823. The first-order chi connectivity index (χ1) is 13.2. The third kappa shape index (κ3) is 5.13. The summed E-state index contributed by atoms with van der Waals surface area (Å²) >= 11 is 0. The van der Waals surface area contributed by atoms with Gasteiger partial charge in [0.2, 0.25) is 5.91 Å². The molecule has 1 saturated heterocycles. The Morgan fingerprint density at radius 2 is 1.89 bits per heavy atom. The smallest absolute Gasteiger partial charge is 0.324 e. The summed E-state index contributed by atoms with van der Waals surface area (Å²) in [6.07, 6.45) is -2.62. The highest BCUT2D eigenvalue weighted by molar-refractivity contribution is 5.93. The Balaban J connectivity index is 1.50. The van der Waals surface area contributed by atoms with Crippen LogP contribution >= 0.6 is 0 Å². The number of likely N-dealkylation sites (tertiary alicyclic amines) is 1. The predicted octanol–water partition coefficient (Wildman–Crippen LogP) is 3.87. The summed E-state index contributed by atoms with van der Waals surface area (Å²) in [7, 11) is 0. The predicted molar refractivity (Wildman–Crippen MR) is 101 cm³/mol. The van der Waals surface area contributed by atoms with Gasteiger partial charge in [0, 0.05) is 12.2 Å². The number of amides is 1. The summed E-state index contributed by atoms with van der Waals surface area (Å²) in [6, 6.07) is 7.10. The first kappa shape index (κ1) is 20.4. The Kier molecular flexibility index (Phi) is 6.07. The Morgan fingerprint density at radius 1 is 1.21 bits per heavy atom. The van der Waals surface area contributed by atoms with E-state index in [1.807, 2.05) is 23.4 Å². The van der Waals surface area contributed by atoms with Crippen molar-refractivity contribution in [3.8, 4) is 0 Å². The SMILES string of the molecule is Cc1cc(C)n(CC2CCN(CC(=O)Nc3ccccc3C(F)(F)F)CC2)n1. The molecule has 5 nitrogen and oxygen atoms in total. The lowest BCUT2D eigenvalue weighted by Crippen LogP contribution is -2.40. The third-order valence-electron chi connectivity index (χ3n) is 5.12. The van der Waals surface area contributed by atoms with E-state index in [0.29, 0.717) is 5.92 Å². The summed E-state index contributed by atoms with van der Waals surface area (Å²) in [5.74, 6) is 0.0666. The van der Waals surface area contributed by atoms with Crippen LogP contribution in [0.3, 0.4) is 0 Å². The summed E-state index contributed by atoms with van der Waals surface area (Å²) < 4.78 is 41.1. The van der Waals surface area contributed by atoms with Crippen molar-refractivity contribution in [2.24, 2.45) is 5.92 Å². The second kappa shape index (κ2) is 8.34. The topological polar surface area (TPSA) is 50.2 Å². The summed E-state index contributed by atoms with van der Waals surface area (Å²) in [5, 5.41) is 6.90. The van der Waals surface area contributed by atoms with Crippen molar-refractivity contribution in [1.29, 1.82) is 0 Å². The Hall–Kier alpha value is -2.35. The molecule has 1 aromatic heterocycles. The number of anilines is 1. The molecule has 0 aliphatic carbocycles. The molecule has 1 aliphatic heterocycles. The van der Waals surface area contributed by atoms with Crippen LogP contribution in [0.4, 0.5) is 18.9 Å². The number of halogens is 3. The number of carbonyl (C=O) groups excluding carboxylic acids is 1. The molecule has 152 valence electrons. The number of nitrogens with zero attached hydrogens (tertiary/aromatic N) is 3. The Labute approximate surface area is 162 Å². The average molecular weight is 394 g/mol. The maximum atomic E-state index is 13.0. The molecule has 1 N–H and O–H groups in total. The Morgan fingerprint density at radius 3 is 2.50 bits per heavy atom. The van der Waals surface area contributed by atoms with E-state index in [4.69, 9.17) is 0 Å². The molecule has 0 spiro atoms. The van der Waals surface area contributed by atoms with Crippen molar-refractivity contribution >= 4 is 11.6 Å². The molecule has 2 aromatic rings. The van der Waals surface area contributed by atoms with Crippen LogP contribution in [-0.2, 0) is 17.5 Å². The van der Waals surface area contributed by atoms with Crippen LogP contribution < -0.4 is 5.32 Å². The first-order valence-corrected chi connectivity index (χ1v) is 9.42. The van der Waals surface area contributed by atoms with E-state index in [9.17, 15) is 18.0 Å². The van der Waals surface area contributed by atoms with Crippen LogP contribution in [-0.4, -0.2) is 40.2 Å². The normalized spacial score (nSPS) is 16.3. The fraction of sp³-hybridized carbons (Fsp3) is 0.500. The summed E-state index contributed by atoms with van der Waals surface area (Å²) in [5.41, 5.74) is 1.12. The maximum absolute atomic E-state index is 13.0. The summed E-state index contributed by atoms with van der Waals surface area (Å²) in [4.78, 5) is 14.2. The molecule has 1 fully saturated rings. The van der Waals surface area contributed by atoms with Crippen molar-refractivity contribution in [3.63, 3.8) is 0 Å². The fourth-order valence-electron chi connectivity index (χ4n) is 3.66. The number of hydrogen-bond acceptors (Lipinski definition) is 3. The van der Waals surface area contributed by atoms with Crippen LogP contribution in [0.2, 0.25) is 0 Å². The van der Waals surface area contributed by atoms with Crippen LogP contribution in [0, 0.1) is 19.8 Å². The van der Waals surface area contributed by atoms with Crippen molar-refractivity contribution in [2.45, 2.75) is 39.4 Å². The van der Waals surface area contributed by atoms with Gasteiger partial charge < -0.3 is 5.32 Å². The molecule has 0 bridgehead atoms. The second-order valence-corrected chi connectivity index (χ2v) is 7.42. The molecule has 1 aliphatic rings. The minimum atomic E-state index is -4.49. The molecular weight excluding hydrogens is 369 g/mol. The van der Waals surface area contributed by atoms with Gasteiger partial charge in [0.15, 0.2) is 0 Å². The first-order valence-electron chi connectivity index (χ1n) is 9.42. The van der Waals surface area contributed by atoms with Crippen molar-refractivity contribution in [2.75, 3.05) is 25.0 Å². The van der Waals surface area contributed by atoms with E-state index >= 15 is 0 Å². The van der Waals surface area contributed by atoms with Gasteiger partial charge in [-0.25, -0.2) is 0 Å². The largest absolute Gasteiger partial charge is 0.418 e. The molecular formula is C20H25F3N4O. The third-order valence-corrected chi connectivity index (χ3v) is 5.12. The number of carbonyl (C=O) groups is 1. The number of rotatable bonds is 5. The zero-order valence-electron chi connectivity index (χ0n) is 16.1. The lowest BCUT2D eigenvalue weighted by molar-refractivity contribution is -0.137. The molecule has 0 saturated carbocycles. The van der Waals surface area contributed by atoms with Crippen molar-refractivity contribution in [1.82, 2.24) is 14.7 Å². The highest BCUT2D eigenvalue weighted by Gasteiger charge is 2.33. The van der Waals surface area contributed by atoms with Gasteiger partial charge in [0.05, 0.1) is 23.5 Å². The summed E-state index contributed by atoms with van der Waals surface area (Å²) in [6.45, 7) is 6.47. The molecule has 0 atom stereocenters. The zero-order valence-corrected chi connectivity index (χ0v) is 16.1. The molecule has 28 heavy (non-hydrogen) atoms. The van der Waals surface area contributed by atoms with Gasteiger partial charge in [0.1, 0.15) is 0 Å². The molecule has 2 heterocycles. The molecule has 3 rings (SSSR count). The monoisotopic (exact) mass is 394 g/mol. The second-order valence-electron chi connectivity index (χ2n) is 7.42. The van der Waals surface area contributed by atoms with Crippen molar-refractivity contribution < 1.29 is 18.0 Å². The molecule has 0 unspecified atom stereocenters. The number of alkyl halides is 3. The number of aryl methyl sites for hydroxylation is 2. The van der Waals surface area contributed by atoms with Crippen molar-refractivity contribution in [3.05, 3.63) is 47.3 Å². The molecule has 0 radical (unpaired) electrons. The average Bonchev–Trinajstić information content (AvgIpc) is 2.93. The lowest BCUT2D eigenvalue weighted by Gasteiger charge is -2.31. The van der Waals surface area contributed by atoms with E-state index in [0.717, 1.165) is 49.9 Å². The molecule has 1 aromatic carbocycles.